The molecule has 6 nitrogen and oxygen atoms in total. The van der Waals surface area contributed by atoms with Crippen LogP contribution in [0, 0.1) is 11.6 Å². The quantitative estimate of drug-likeness (QED) is 0.505. The molecule has 0 saturated carbocycles. The van der Waals surface area contributed by atoms with Gasteiger partial charge in [0.15, 0.2) is 11.6 Å². The number of carbonyl (C=O) groups is 1. The second kappa shape index (κ2) is 11.2. The molecule has 1 atom stereocenters. The van der Waals surface area contributed by atoms with Crippen LogP contribution in [-0.2, 0) is 29.2 Å². The molecule has 0 aliphatic carbocycles. The number of hydrogen-bond acceptors (Lipinski definition) is 5. The molecule has 1 amide bonds. The van der Waals surface area contributed by atoms with Gasteiger partial charge in [0, 0.05) is 31.4 Å². The number of amides is 1. The van der Waals surface area contributed by atoms with Crippen molar-refractivity contribution in [3.05, 3.63) is 95.3 Å². The maximum Gasteiger partial charge on any atom is 0.237 e. The van der Waals surface area contributed by atoms with E-state index in [1.165, 1.54) is 12.1 Å². The van der Waals surface area contributed by atoms with E-state index >= 15 is 0 Å². The van der Waals surface area contributed by atoms with Gasteiger partial charge >= 0.3 is 0 Å². The number of pyridine rings is 1. The summed E-state index contributed by atoms with van der Waals surface area (Å²) in [6.45, 7) is 1.61. The molecule has 34 heavy (non-hydrogen) atoms. The fourth-order valence-corrected chi connectivity index (χ4v) is 4.00. The number of rotatable bonds is 8. The third-order valence-corrected chi connectivity index (χ3v) is 5.72. The Kier molecular flexibility index (Phi) is 7.82. The number of nitrogens with zero attached hydrogens (tertiary/aromatic N) is 3. The van der Waals surface area contributed by atoms with Crippen LogP contribution in [0.4, 0.5) is 8.78 Å². The Labute approximate surface area is 197 Å². The molecule has 1 aromatic heterocycles. The normalized spacial score (nSPS) is 17.0. The number of aromatic nitrogens is 1. The van der Waals surface area contributed by atoms with Crippen molar-refractivity contribution in [3.63, 3.8) is 0 Å². The van der Waals surface area contributed by atoms with E-state index in [1.807, 2.05) is 42.5 Å². The van der Waals surface area contributed by atoms with E-state index in [2.05, 4.69) is 4.98 Å². The molecule has 3 aromatic rings. The maximum atomic E-state index is 14.3. The van der Waals surface area contributed by atoms with Gasteiger partial charge in [0.25, 0.3) is 0 Å². The fraction of sp³-hybridized carbons (Fsp3) is 0.308. The van der Waals surface area contributed by atoms with Crippen LogP contribution >= 0.6 is 0 Å². The van der Waals surface area contributed by atoms with E-state index in [1.54, 1.807) is 23.1 Å². The molecule has 1 aliphatic heterocycles. The van der Waals surface area contributed by atoms with Gasteiger partial charge in [-0.15, -0.1) is 0 Å². The first kappa shape index (κ1) is 23.8. The lowest BCUT2D eigenvalue weighted by Gasteiger charge is -2.25. The van der Waals surface area contributed by atoms with Crippen LogP contribution in [0.2, 0.25) is 0 Å². The predicted octanol–water partition coefficient (Wildman–Crippen LogP) is 3.80. The smallest absolute Gasteiger partial charge is 0.237 e. The van der Waals surface area contributed by atoms with Gasteiger partial charge in [0.1, 0.15) is 5.75 Å². The minimum Gasteiger partial charge on any atom is -0.497 e. The molecule has 0 radical (unpaired) electrons. The second-order valence-corrected chi connectivity index (χ2v) is 8.26. The molecule has 2 heterocycles. The number of methoxy groups -OCH3 is 1. The number of benzene rings is 2. The van der Waals surface area contributed by atoms with E-state index in [4.69, 9.17) is 9.47 Å². The molecule has 1 fully saturated rings. The third-order valence-electron chi connectivity index (χ3n) is 5.72. The zero-order valence-electron chi connectivity index (χ0n) is 19.0. The first-order chi connectivity index (χ1) is 16.5. The lowest BCUT2D eigenvalue weighted by molar-refractivity contribution is -0.132. The highest BCUT2D eigenvalue weighted by Crippen LogP contribution is 2.19. The molecule has 0 N–H and O–H groups in total. The van der Waals surface area contributed by atoms with Crippen molar-refractivity contribution in [2.45, 2.75) is 25.8 Å². The average Bonchev–Trinajstić information content (AvgIpc) is 2.99. The summed E-state index contributed by atoms with van der Waals surface area (Å²) in [7, 11) is 1.61. The Hall–Kier alpha value is -3.36. The van der Waals surface area contributed by atoms with Crippen molar-refractivity contribution < 1.29 is 23.0 Å². The zero-order valence-corrected chi connectivity index (χ0v) is 19.0. The van der Waals surface area contributed by atoms with Gasteiger partial charge < -0.3 is 14.4 Å². The molecule has 1 saturated heterocycles. The topological polar surface area (TPSA) is 54.9 Å². The summed E-state index contributed by atoms with van der Waals surface area (Å²) >= 11 is 0. The molecule has 0 spiro atoms. The highest BCUT2D eigenvalue weighted by atomic mass is 19.2. The SMILES string of the molecule is COc1cccc(CO[C@@H]2CN(Cc3cccc(F)c3F)CC(=O)N(Cc3ccccn3)C2)c1. The predicted molar refractivity (Wildman–Crippen MR) is 123 cm³/mol. The van der Waals surface area contributed by atoms with Gasteiger partial charge in [-0.05, 0) is 35.9 Å². The summed E-state index contributed by atoms with van der Waals surface area (Å²) in [5, 5.41) is 0. The van der Waals surface area contributed by atoms with Crippen LogP contribution < -0.4 is 4.74 Å². The standard InChI is InChI=1S/C26H27F2N3O3/c1-33-22-9-4-6-19(12-22)18-34-23-15-30(13-20-7-5-10-24(27)26(20)28)17-25(32)31(16-23)14-21-8-2-3-11-29-21/h2-12,23H,13-18H2,1H3/t23-/m1/s1. The molecule has 4 rings (SSSR count). The highest BCUT2D eigenvalue weighted by Gasteiger charge is 2.29. The van der Waals surface area contributed by atoms with Crippen LogP contribution in [-0.4, -0.2) is 53.5 Å². The van der Waals surface area contributed by atoms with Crippen molar-refractivity contribution in [2.24, 2.45) is 0 Å². The van der Waals surface area contributed by atoms with Crippen molar-refractivity contribution >= 4 is 5.91 Å². The van der Waals surface area contributed by atoms with Crippen LogP contribution in [0.5, 0.6) is 5.75 Å². The van der Waals surface area contributed by atoms with Crippen molar-refractivity contribution in [3.8, 4) is 5.75 Å². The molecular weight excluding hydrogens is 440 g/mol. The fourth-order valence-electron chi connectivity index (χ4n) is 4.00. The van der Waals surface area contributed by atoms with Crippen LogP contribution in [0.1, 0.15) is 16.8 Å². The largest absolute Gasteiger partial charge is 0.497 e. The van der Waals surface area contributed by atoms with Gasteiger partial charge in [-0.2, -0.15) is 0 Å². The number of halogens is 2. The van der Waals surface area contributed by atoms with E-state index in [-0.39, 0.29) is 30.7 Å². The van der Waals surface area contributed by atoms with Gasteiger partial charge in [0.05, 0.1) is 38.6 Å². The Morgan fingerprint density at radius 2 is 1.88 bits per heavy atom. The zero-order chi connectivity index (χ0) is 23.9. The number of carbonyl (C=O) groups excluding carboxylic acids is 1. The Morgan fingerprint density at radius 1 is 1.03 bits per heavy atom. The minimum absolute atomic E-state index is 0.0712. The highest BCUT2D eigenvalue weighted by molar-refractivity contribution is 5.78. The lowest BCUT2D eigenvalue weighted by atomic mass is 10.2. The second-order valence-electron chi connectivity index (χ2n) is 8.26. The maximum absolute atomic E-state index is 14.3. The molecule has 0 bridgehead atoms. The molecule has 1 aliphatic rings. The summed E-state index contributed by atoms with van der Waals surface area (Å²) in [6.07, 6.45) is 1.35. The van der Waals surface area contributed by atoms with Gasteiger partial charge in [-0.1, -0.05) is 30.3 Å². The summed E-state index contributed by atoms with van der Waals surface area (Å²) in [6, 6.07) is 17.2. The average molecular weight is 468 g/mol. The van der Waals surface area contributed by atoms with Crippen LogP contribution in [0.15, 0.2) is 66.9 Å². The summed E-state index contributed by atoms with van der Waals surface area (Å²) in [5.74, 6) is -1.17. The van der Waals surface area contributed by atoms with Gasteiger partial charge in [0.2, 0.25) is 5.91 Å². The molecular formula is C26H27F2N3O3. The monoisotopic (exact) mass is 467 g/mol. The number of ether oxygens (including phenoxy) is 2. The van der Waals surface area contributed by atoms with Crippen LogP contribution in [0.25, 0.3) is 0 Å². The first-order valence-corrected chi connectivity index (χ1v) is 11.1. The molecule has 0 unspecified atom stereocenters. The molecule has 2 aromatic carbocycles. The van der Waals surface area contributed by atoms with E-state index in [0.29, 0.717) is 26.2 Å². The minimum atomic E-state index is -0.902. The van der Waals surface area contributed by atoms with Gasteiger partial charge in [-0.25, -0.2) is 8.78 Å². The van der Waals surface area contributed by atoms with E-state index < -0.39 is 11.6 Å². The Morgan fingerprint density at radius 3 is 2.68 bits per heavy atom. The summed E-state index contributed by atoms with van der Waals surface area (Å²) in [4.78, 5) is 20.9. The Bertz CT molecular complexity index is 1110. The number of hydrogen-bond donors (Lipinski definition) is 0. The summed E-state index contributed by atoms with van der Waals surface area (Å²) < 4.78 is 39.5. The van der Waals surface area contributed by atoms with Crippen molar-refractivity contribution in [1.29, 1.82) is 0 Å². The third kappa shape index (κ3) is 6.15. The van der Waals surface area contributed by atoms with Crippen molar-refractivity contribution in [2.75, 3.05) is 26.7 Å². The van der Waals surface area contributed by atoms with Gasteiger partial charge in [-0.3, -0.25) is 14.7 Å². The molecule has 178 valence electrons. The Balaban J connectivity index is 1.52. The van der Waals surface area contributed by atoms with E-state index in [0.717, 1.165) is 23.1 Å². The first-order valence-electron chi connectivity index (χ1n) is 11.1. The van der Waals surface area contributed by atoms with E-state index in [9.17, 15) is 13.6 Å². The molecule has 8 heteroatoms. The lowest BCUT2D eigenvalue weighted by Crippen LogP contribution is -2.37. The summed E-state index contributed by atoms with van der Waals surface area (Å²) in [5.41, 5.74) is 1.92. The van der Waals surface area contributed by atoms with Crippen LogP contribution in [0.3, 0.4) is 0 Å². The van der Waals surface area contributed by atoms with Crippen molar-refractivity contribution in [1.82, 2.24) is 14.8 Å².